The minimum absolute atomic E-state index is 0.678. The highest BCUT2D eigenvalue weighted by Gasteiger charge is 2.30. The molecule has 4 nitrogen and oxygen atoms in total. The molecule has 0 aliphatic heterocycles. The van der Waals surface area contributed by atoms with Gasteiger partial charge in [-0.15, -0.1) is 0 Å². The minimum Gasteiger partial charge on any atom is -0.441 e. The molecule has 0 amide bonds. The Labute approximate surface area is 180 Å². The van der Waals surface area contributed by atoms with Gasteiger partial charge in [-0.2, -0.15) is 4.57 Å². The number of aromatic nitrogens is 3. The summed E-state index contributed by atoms with van der Waals surface area (Å²) in [6.45, 7) is 4.04. The van der Waals surface area contributed by atoms with Crippen LogP contribution in [0.4, 0.5) is 0 Å². The quantitative estimate of drug-likeness (QED) is 0.330. The number of imidazole rings is 1. The molecule has 0 aliphatic rings. The molecule has 6 aromatic rings. The van der Waals surface area contributed by atoms with E-state index in [1.165, 1.54) is 21.9 Å². The molecule has 0 bridgehead atoms. The maximum Gasteiger partial charge on any atom is 0.297 e. The van der Waals surface area contributed by atoms with Gasteiger partial charge in [-0.1, -0.05) is 54.6 Å². The first-order chi connectivity index (χ1) is 15.1. The van der Waals surface area contributed by atoms with Gasteiger partial charge in [0.05, 0.1) is 12.6 Å². The van der Waals surface area contributed by atoms with Crippen molar-refractivity contribution in [2.45, 2.75) is 13.8 Å². The third-order valence-electron chi connectivity index (χ3n) is 6.12. The summed E-state index contributed by atoms with van der Waals surface area (Å²) in [5.41, 5.74) is 7.46. The summed E-state index contributed by atoms with van der Waals surface area (Å²) >= 11 is 0. The van der Waals surface area contributed by atoms with Gasteiger partial charge in [-0.25, -0.2) is 9.55 Å². The van der Waals surface area contributed by atoms with Gasteiger partial charge in [0.15, 0.2) is 22.5 Å². The van der Waals surface area contributed by atoms with E-state index in [-0.39, 0.29) is 0 Å². The molecule has 2 aromatic heterocycles. The lowest BCUT2D eigenvalue weighted by Crippen LogP contribution is -2.30. The number of para-hydroxylation sites is 2. The van der Waals surface area contributed by atoms with Crippen LogP contribution in [0, 0.1) is 13.8 Å². The molecule has 150 valence electrons. The van der Waals surface area contributed by atoms with E-state index in [2.05, 4.69) is 95.9 Å². The van der Waals surface area contributed by atoms with E-state index in [1.54, 1.807) is 0 Å². The molecule has 2 heterocycles. The van der Waals surface area contributed by atoms with Crippen LogP contribution >= 0.6 is 0 Å². The maximum atomic E-state index is 5.89. The van der Waals surface area contributed by atoms with Crippen molar-refractivity contribution in [3.05, 3.63) is 90.3 Å². The minimum atomic E-state index is 0.678. The van der Waals surface area contributed by atoms with Crippen molar-refractivity contribution in [1.82, 2.24) is 9.55 Å². The van der Waals surface area contributed by atoms with E-state index in [0.29, 0.717) is 5.89 Å². The van der Waals surface area contributed by atoms with Crippen molar-refractivity contribution in [2.24, 2.45) is 7.05 Å². The molecule has 31 heavy (non-hydrogen) atoms. The summed E-state index contributed by atoms with van der Waals surface area (Å²) in [4.78, 5) is 4.77. The molecular weight excluding hydrogens is 382 g/mol. The van der Waals surface area contributed by atoms with E-state index in [1.807, 2.05) is 13.0 Å². The first-order valence-corrected chi connectivity index (χ1v) is 10.5. The van der Waals surface area contributed by atoms with Crippen LogP contribution in [0.1, 0.15) is 11.5 Å². The molecule has 6 rings (SSSR count). The standard InChI is InChI=1S/C27H22N3O/c1-17-15-16-24-26(28-18(2)31-24)25(17)27-29(3)22-12-6-7-13-23(22)30(27)21-14-8-10-19-9-4-5-11-20(19)21/h4-16H,1-3H3/q+1. The predicted octanol–water partition coefficient (Wildman–Crippen LogP) is 6.03. The fourth-order valence-corrected chi connectivity index (χ4v) is 4.73. The van der Waals surface area contributed by atoms with Crippen LogP contribution in [0.2, 0.25) is 0 Å². The number of oxazole rings is 1. The Kier molecular flexibility index (Phi) is 3.78. The van der Waals surface area contributed by atoms with Gasteiger partial charge in [0.1, 0.15) is 11.2 Å². The summed E-state index contributed by atoms with van der Waals surface area (Å²) in [5, 5.41) is 2.44. The van der Waals surface area contributed by atoms with Gasteiger partial charge in [-0.3, -0.25) is 0 Å². The zero-order valence-electron chi connectivity index (χ0n) is 17.8. The SMILES string of the molecule is Cc1nc2c(-c3n(-c4cccc5ccccc45)c4ccccc4[n+]3C)c(C)ccc2o1. The molecule has 0 fully saturated rings. The van der Waals surface area contributed by atoms with Crippen molar-refractivity contribution >= 4 is 32.9 Å². The zero-order valence-corrected chi connectivity index (χ0v) is 17.8. The maximum absolute atomic E-state index is 5.89. The van der Waals surface area contributed by atoms with Crippen LogP contribution < -0.4 is 4.57 Å². The Morgan fingerprint density at radius 3 is 2.52 bits per heavy atom. The highest BCUT2D eigenvalue weighted by atomic mass is 16.3. The normalized spacial score (nSPS) is 11.7. The van der Waals surface area contributed by atoms with Crippen molar-refractivity contribution in [3.8, 4) is 17.1 Å². The van der Waals surface area contributed by atoms with Gasteiger partial charge in [0.25, 0.3) is 5.82 Å². The molecule has 0 N–H and O–H groups in total. The monoisotopic (exact) mass is 404 g/mol. The van der Waals surface area contributed by atoms with Crippen LogP contribution in [0.25, 0.3) is 50.0 Å². The van der Waals surface area contributed by atoms with Gasteiger partial charge >= 0.3 is 0 Å². The summed E-state index contributed by atoms with van der Waals surface area (Å²) in [6, 6.07) is 27.7. The van der Waals surface area contributed by atoms with Crippen LogP contribution in [-0.2, 0) is 7.05 Å². The number of fused-ring (bicyclic) bond motifs is 3. The third kappa shape index (κ3) is 2.55. The number of hydrogen-bond donors (Lipinski definition) is 0. The fourth-order valence-electron chi connectivity index (χ4n) is 4.73. The van der Waals surface area contributed by atoms with Gasteiger partial charge < -0.3 is 4.42 Å². The van der Waals surface area contributed by atoms with Crippen molar-refractivity contribution in [3.63, 3.8) is 0 Å². The molecule has 0 spiro atoms. The third-order valence-corrected chi connectivity index (χ3v) is 6.12. The van der Waals surface area contributed by atoms with Crippen LogP contribution in [0.3, 0.4) is 0 Å². The molecule has 4 heteroatoms. The lowest BCUT2D eigenvalue weighted by molar-refractivity contribution is -0.633. The average molecular weight is 404 g/mol. The largest absolute Gasteiger partial charge is 0.441 e. The predicted molar refractivity (Wildman–Crippen MR) is 124 cm³/mol. The highest BCUT2D eigenvalue weighted by molar-refractivity contribution is 5.96. The first kappa shape index (κ1) is 17.9. The van der Waals surface area contributed by atoms with E-state index in [0.717, 1.165) is 33.7 Å². The molecule has 0 saturated carbocycles. The molecule has 0 aliphatic carbocycles. The second-order valence-electron chi connectivity index (χ2n) is 8.04. The molecular formula is C27H22N3O+. The Balaban J connectivity index is 1.83. The number of hydrogen-bond acceptors (Lipinski definition) is 2. The second kappa shape index (κ2) is 6.54. The Bertz CT molecular complexity index is 1620. The molecule has 4 aromatic carbocycles. The number of nitrogens with zero attached hydrogens (tertiary/aromatic N) is 3. The number of rotatable bonds is 2. The van der Waals surface area contributed by atoms with Gasteiger partial charge in [-0.05, 0) is 42.1 Å². The molecule has 0 saturated heterocycles. The van der Waals surface area contributed by atoms with E-state index in [4.69, 9.17) is 9.40 Å². The summed E-state index contributed by atoms with van der Waals surface area (Å²) in [5.74, 6) is 1.77. The summed E-state index contributed by atoms with van der Waals surface area (Å²) in [7, 11) is 2.13. The molecule has 0 unspecified atom stereocenters. The summed E-state index contributed by atoms with van der Waals surface area (Å²) < 4.78 is 10.5. The van der Waals surface area contributed by atoms with Crippen LogP contribution in [0.5, 0.6) is 0 Å². The molecule has 0 atom stereocenters. The van der Waals surface area contributed by atoms with Crippen molar-refractivity contribution in [2.75, 3.05) is 0 Å². The first-order valence-electron chi connectivity index (χ1n) is 10.5. The lowest BCUT2D eigenvalue weighted by atomic mass is 10.0. The van der Waals surface area contributed by atoms with Crippen molar-refractivity contribution in [1.29, 1.82) is 0 Å². The van der Waals surface area contributed by atoms with Gasteiger partial charge in [0.2, 0.25) is 0 Å². The fraction of sp³-hybridized carbons (Fsp3) is 0.111. The topological polar surface area (TPSA) is 34.8 Å². The van der Waals surface area contributed by atoms with Crippen LogP contribution in [-0.4, -0.2) is 9.55 Å². The zero-order chi connectivity index (χ0) is 21.1. The Morgan fingerprint density at radius 2 is 1.61 bits per heavy atom. The van der Waals surface area contributed by atoms with E-state index in [9.17, 15) is 0 Å². The number of benzene rings is 4. The van der Waals surface area contributed by atoms with E-state index < -0.39 is 0 Å². The smallest absolute Gasteiger partial charge is 0.297 e. The Hall–Kier alpha value is -3.92. The lowest BCUT2D eigenvalue weighted by Gasteiger charge is -2.09. The average Bonchev–Trinajstić information content (AvgIpc) is 3.30. The van der Waals surface area contributed by atoms with Crippen molar-refractivity contribution < 1.29 is 8.98 Å². The van der Waals surface area contributed by atoms with Crippen LogP contribution in [0.15, 0.2) is 83.3 Å². The number of aryl methyl sites for hydroxylation is 3. The second-order valence-corrected chi connectivity index (χ2v) is 8.04. The van der Waals surface area contributed by atoms with E-state index >= 15 is 0 Å². The Morgan fingerprint density at radius 1 is 0.839 bits per heavy atom. The molecule has 0 radical (unpaired) electrons. The van der Waals surface area contributed by atoms with Gasteiger partial charge in [0, 0.05) is 12.3 Å². The highest BCUT2D eigenvalue weighted by Crippen LogP contribution is 2.36. The summed E-state index contributed by atoms with van der Waals surface area (Å²) in [6.07, 6.45) is 0.